The van der Waals surface area contributed by atoms with E-state index in [0.29, 0.717) is 16.8 Å². The Morgan fingerprint density at radius 2 is 1.85 bits per heavy atom. The highest BCUT2D eigenvalue weighted by atomic mass is 35.5. The van der Waals surface area contributed by atoms with Gasteiger partial charge in [0.05, 0.1) is 24.9 Å². The number of anilines is 1. The van der Waals surface area contributed by atoms with Crippen LogP contribution in [0, 0.1) is 0 Å². The topological polar surface area (TPSA) is 33.7 Å². The quantitative estimate of drug-likeness (QED) is 0.905. The first kappa shape index (κ1) is 15.3. The molecule has 0 radical (unpaired) electrons. The zero-order valence-electron chi connectivity index (χ0n) is 12.4. The average molecular weight is 299 g/mol. The molecule has 5 heteroatoms. The van der Waals surface area contributed by atoms with Crippen LogP contribution < -0.4 is 14.8 Å². The second-order valence-electron chi connectivity index (χ2n) is 5.04. The molecule has 2 rings (SSSR count). The van der Waals surface area contributed by atoms with E-state index in [0.717, 1.165) is 43.9 Å². The van der Waals surface area contributed by atoms with E-state index in [1.807, 2.05) is 6.07 Å². The second kappa shape index (κ2) is 7.04. The van der Waals surface area contributed by atoms with Crippen molar-refractivity contribution in [3.05, 3.63) is 17.2 Å². The molecule has 0 unspecified atom stereocenters. The van der Waals surface area contributed by atoms with Gasteiger partial charge >= 0.3 is 0 Å². The van der Waals surface area contributed by atoms with Gasteiger partial charge in [-0.2, -0.15) is 0 Å². The molecule has 0 amide bonds. The Hall–Kier alpha value is -1.13. The second-order valence-corrected chi connectivity index (χ2v) is 5.45. The van der Waals surface area contributed by atoms with Gasteiger partial charge in [-0.05, 0) is 19.4 Å². The van der Waals surface area contributed by atoms with Gasteiger partial charge in [0.2, 0.25) is 0 Å². The summed E-state index contributed by atoms with van der Waals surface area (Å²) >= 11 is 6.12. The number of likely N-dealkylation sites (tertiary alicyclic amines) is 1. The molecule has 0 saturated carbocycles. The number of benzene rings is 1. The van der Waals surface area contributed by atoms with Crippen molar-refractivity contribution in [2.75, 3.05) is 39.2 Å². The minimum absolute atomic E-state index is 0.470. The molecule has 0 aliphatic carbocycles. The summed E-state index contributed by atoms with van der Waals surface area (Å²) in [5.41, 5.74) is 0.948. The van der Waals surface area contributed by atoms with E-state index in [2.05, 4.69) is 17.1 Å². The molecular formula is C15H23ClN2O2. The highest BCUT2D eigenvalue weighted by Crippen LogP contribution is 2.36. The van der Waals surface area contributed by atoms with Crippen molar-refractivity contribution in [3.63, 3.8) is 0 Å². The molecule has 4 nitrogen and oxygen atoms in total. The first-order chi connectivity index (χ1) is 9.67. The third-order valence-corrected chi connectivity index (χ3v) is 4.16. The molecule has 0 bridgehead atoms. The highest BCUT2D eigenvalue weighted by molar-refractivity contribution is 6.32. The van der Waals surface area contributed by atoms with Gasteiger partial charge < -0.3 is 19.7 Å². The maximum Gasteiger partial charge on any atom is 0.143 e. The molecule has 1 saturated heterocycles. The number of rotatable bonds is 5. The van der Waals surface area contributed by atoms with Crippen molar-refractivity contribution in [2.24, 2.45) is 0 Å². The summed E-state index contributed by atoms with van der Waals surface area (Å²) in [5, 5.41) is 4.12. The van der Waals surface area contributed by atoms with Gasteiger partial charge in [0.25, 0.3) is 0 Å². The molecule has 0 atom stereocenters. The molecule has 1 fully saturated rings. The van der Waals surface area contributed by atoms with Crippen molar-refractivity contribution in [1.29, 1.82) is 0 Å². The molecule has 20 heavy (non-hydrogen) atoms. The van der Waals surface area contributed by atoms with E-state index in [1.165, 1.54) is 0 Å². The Bertz CT molecular complexity index is 446. The number of piperidine rings is 1. The SMILES string of the molecule is CCN1CCC(Nc2cc(OC)c(Cl)cc2OC)CC1. The summed E-state index contributed by atoms with van der Waals surface area (Å²) in [6.45, 7) is 5.62. The molecule has 112 valence electrons. The Balaban J connectivity index is 2.08. The fourth-order valence-electron chi connectivity index (χ4n) is 2.59. The molecule has 0 aromatic heterocycles. The summed E-state index contributed by atoms with van der Waals surface area (Å²) in [7, 11) is 3.28. The lowest BCUT2D eigenvalue weighted by Gasteiger charge is -2.32. The fraction of sp³-hybridized carbons (Fsp3) is 0.600. The maximum atomic E-state index is 6.12. The summed E-state index contributed by atoms with van der Waals surface area (Å²) in [6.07, 6.45) is 2.28. The molecule has 1 aliphatic rings. The van der Waals surface area contributed by atoms with Crippen LogP contribution in [0.15, 0.2) is 12.1 Å². The number of hydrogen-bond acceptors (Lipinski definition) is 4. The predicted molar refractivity (Wildman–Crippen MR) is 83.3 cm³/mol. The van der Waals surface area contributed by atoms with Crippen molar-refractivity contribution < 1.29 is 9.47 Å². The number of methoxy groups -OCH3 is 2. The largest absolute Gasteiger partial charge is 0.495 e. The minimum Gasteiger partial charge on any atom is -0.495 e. The highest BCUT2D eigenvalue weighted by Gasteiger charge is 2.19. The molecule has 0 spiro atoms. The third-order valence-electron chi connectivity index (χ3n) is 3.87. The number of nitrogens with one attached hydrogen (secondary N) is 1. The minimum atomic E-state index is 0.470. The molecule has 1 aliphatic heterocycles. The Morgan fingerprint density at radius 1 is 1.20 bits per heavy atom. The lowest BCUT2D eigenvalue weighted by Crippen LogP contribution is -2.38. The van der Waals surface area contributed by atoms with Crippen LogP contribution in [0.1, 0.15) is 19.8 Å². The first-order valence-corrected chi connectivity index (χ1v) is 7.46. The lowest BCUT2D eigenvalue weighted by molar-refractivity contribution is 0.229. The molecular weight excluding hydrogens is 276 g/mol. The van der Waals surface area contributed by atoms with Crippen molar-refractivity contribution in [3.8, 4) is 11.5 Å². The van der Waals surface area contributed by atoms with Crippen LogP contribution in [0.3, 0.4) is 0 Å². The van der Waals surface area contributed by atoms with Gasteiger partial charge in [-0.15, -0.1) is 0 Å². The van der Waals surface area contributed by atoms with Crippen LogP contribution in [0.5, 0.6) is 11.5 Å². The Kier molecular flexibility index (Phi) is 5.38. The summed E-state index contributed by atoms with van der Waals surface area (Å²) in [4.78, 5) is 2.47. The van der Waals surface area contributed by atoms with Crippen LogP contribution in [0.25, 0.3) is 0 Å². The molecule has 1 heterocycles. The number of halogens is 1. The zero-order valence-corrected chi connectivity index (χ0v) is 13.2. The van der Waals surface area contributed by atoms with Crippen LogP contribution in [0.4, 0.5) is 5.69 Å². The van der Waals surface area contributed by atoms with Crippen LogP contribution in [-0.4, -0.2) is 44.8 Å². The van der Waals surface area contributed by atoms with Crippen LogP contribution >= 0.6 is 11.6 Å². The van der Waals surface area contributed by atoms with E-state index in [9.17, 15) is 0 Å². The van der Waals surface area contributed by atoms with E-state index < -0.39 is 0 Å². The van der Waals surface area contributed by atoms with Gasteiger partial charge in [0, 0.05) is 31.3 Å². The summed E-state index contributed by atoms with van der Waals surface area (Å²) in [5.74, 6) is 1.43. The monoisotopic (exact) mass is 298 g/mol. The van der Waals surface area contributed by atoms with E-state index in [1.54, 1.807) is 20.3 Å². The standard InChI is InChI=1S/C15H23ClN2O2/c1-4-18-7-5-11(6-8-18)17-13-10-14(19-2)12(16)9-15(13)20-3/h9-11,17H,4-8H2,1-3H3. The third kappa shape index (κ3) is 3.49. The normalized spacial score (nSPS) is 17.0. The van der Waals surface area contributed by atoms with E-state index in [4.69, 9.17) is 21.1 Å². The molecule has 1 aromatic rings. The smallest absolute Gasteiger partial charge is 0.143 e. The lowest BCUT2D eigenvalue weighted by atomic mass is 10.0. The van der Waals surface area contributed by atoms with Crippen molar-refractivity contribution >= 4 is 17.3 Å². The summed E-state index contributed by atoms with van der Waals surface area (Å²) < 4.78 is 10.7. The van der Waals surface area contributed by atoms with Gasteiger partial charge in [-0.3, -0.25) is 0 Å². The predicted octanol–water partition coefficient (Wildman–Crippen LogP) is 3.25. The van der Waals surface area contributed by atoms with Gasteiger partial charge in [0.1, 0.15) is 11.5 Å². The number of ether oxygens (including phenoxy) is 2. The van der Waals surface area contributed by atoms with E-state index in [-0.39, 0.29) is 0 Å². The maximum absolute atomic E-state index is 6.12. The summed E-state index contributed by atoms with van der Waals surface area (Å²) in [6, 6.07) is 4.18. The van der Waals surface area contributed by atoms with Gasteiger partial charge in [-0.25, -0.2) is 0 Å². The van der Waals surface area contributed by atoms with Crippen molar-refractivity contribution in [1.82, 2.24) is 4.90 Å². The van der Waals surface area contributed by atoms with Gasteiger partial charge in [-0.1, -0.05) is 18.5 Å². The fourth-order valence-corrected chi connectivity index (χ4v) is 2.82. The molecule has 1 N–H and O–H groups in total. The Morgan fingerprint density at radius 3 is 2.40 bits per heavy atom. The first-order valence-electron chi connectivity index (χ1n) is 7.08. The zero-order chi connectivity index (χ0) is 14.5. The van der Waals surface area contributed by atoms with Crippen LogP contribution in [-0.2, 0) is 0 Å². The molecule has 1 aromatic carbocycles. The number of nitrogens with zero attached hydrogens (tertiary/aromatic N) is 1. The van der Waals surface area contributed by atoms with Gasteiger partial charge in [0.15, 0.2) is 0 Å². The van der Waals surface area contributed by atoms with E-state index >= 15 is 0 Å². The average Bonchev–Trinajstić information content (AvgIpc) is 2.49. The Labute approximate surface area is 126 Å². The van der Waals surface area contributed by atoms with Crippen LogP contribution in [0.2, 0.25) is 5.02 Å². The van der Waals surface area contributed by atoms with Crippen molar-refractivity contribution in [2.45, 2.75) is 25.8 Å². The number of hydrogen-bond donors (Lipinski definition) is 1.